The molecule has 4 nitrogen and oxygen atoms in total. The summed E-state index contributed by atoms with van der Waals surface area (Å²) in [4.78, 5) is 22.9. The fraction of sp³-hybridized carbons (Fsp3) is 0.429. The van der Waals surface area contributed by atoms with Gasteiger partial charge in [0.15, 0.2) is 0 Å². The Hall–Kier alpha value is -1.84. The third-order valence-corrected chi connectivity index (χ3v) is 2.60. The first-order valence-corrected chi connectivity index (χ1v) is 6.05. The summed E-state index contributed by atoms with van der Waals surface area (Å²) in [6.45, 7) is 4.55. The molecule has 0 aliphatic rings. The standard InChI is InChI=1S/C14H19NO3/c1-10(2)9-15-13(16)8-12(14(17)18)11-6-4-3-5-7-11/h3-7,10,12H,8-9H2,1-2H3,(H,15,16)(H,17,18). The lowest BCUT2D eigenvalue weighted by atomic mass is 9.95. The van der Waals surface area contributed by atoms with E-state index in [1.54, 1.807) is 24.3 Å². The highest BCUT2D eigenvalue weighted by molar-refractivity contribution is 5.85. The lowest BCUT2D eigenvalue weighted by Crippen LogP contribution is -2.30. The van der Waals surface area contributed by atoms with Gasteiger partial charge in [-0.15, -0.1) is 0 Å². The topological polar surface area (TPSA) is 66.4 Å². The van der Waals surface area contributed by atoms with Crippen LogP contribution >= 0.6 is 0 Å². The number of nitrogens with one attached hydrogen (secondary N) is 1. The molecule has 1 aromatic carbocycles. The monoisotopic (exact) mass is 249 g/mol. The van der Waals surface area contributed by atoms with Gasteiger partial charge in [-0.25, -0.2) is 0 Å². The molecule has 0 spiro atoms. The molecule has 0 aliphatic heterocycles. The van der Waals surface area contributed by atoms with Crippen molar-refractivity contribution in [2.75, 3.05) is 6.54 Å². The molecule has 18 heavy (non-hydrogen) atoms. The Morgan fingerprint density at radius 3 is 2.33 bits per heavy atom. The van der Waals surface area contributed by atoms with E-state index in [1.807, 2.05) is 19.9 Å². The molecule has 0 bridgehead atoms. The average Bonchev–Trinajstić information content (AvgIpc) is 2.34. The Morgan fingerprint density at radius 1 is 1.22 bits per heavy atom. The second-order valence-electron chi connectivity index (χ2n) is 4.70. The average molecular weight is 249 g/mol. The van der Waals surface area contributed by atoms with Crippen molar-refractivity contribution in [3.8, 4) is 0 Å². The van der Waals surface area contributed by atoms with Crippen molar-refractivity contribution < 1.29 is 14.7 Å². The number of hydrogen-bond acceptors (Lipinski definition) is 2. The molecule has 0 aliphatic carbocycles. The maximum Gasteiger partial charge on any atom is 0.311 e. The van der Waals surface area contributed by atoms with Crippen LogP contribution in [-0.4, -0.2) is 23.5 Å². The summed E-state index contributed by atoms with van der Waals surface area (Å²) in [6.07, 6.45) is -0.0218. The lowest BCUT2D eigenvalue weighted by Gasteiger charge is -2.13. The van der Waals surface area contributed by atoms with E-state index < -0.39 is 11.9 Å². The zero-order valence-corrected chi connectivity index (χ0v) is 10.7. The van der Waals surface area contributed by atoms with Crippen LogP contribution in [0.4, 0.5) is 0 Å². The summed E-state index contributed by atoms with van der Waals surface area (Å²) in [5, 5.41) is 11.9. The quantitative estimate of drug-likeness (QED) is 0.810. The molecule has 1 amide bonds. The molecule has 0 fully saturated rings. The summed E-state index contributed by atoms with van der Waals surface area (Å²) < 4.78 is 0. The predicted molar refractivity (Wildman–Crippen MR) is 69.3 cm³/mol. The van der Waals surface area contributed by atoms with E-state index in [-0.39, 0.29) is 12.3 Å². The molecule has 0 aromatic heterocycles. The van der Waals surface area contributed by atoms with E-state index in [9.17, 15) is 14.7 Å². The van der Waals surface area contributed by atoms with Gasteiger partial charge < -0.3 is 10.4 Å². The zero-order valence-electron chi connectivity index (χ0n) is 10.7. The maximum atomic E-state index is 11.7. The van der Waals surface area contributed by atoms with Crippen LogP contribution in [0.5, 0.6) is 0 Å². The number of carboxylic acid groups (broad SMARTS) is 1. The molecule has 0 heterocycles. The first-order chi connectivity index (χ1) is 8.50. The molecular formula is C14H19NO3. The molecule has 1 atom stereocenters. The van der Waals surface area contributed by atoms with Crippen LogP contribution in [-0.2, 0) is 9.59 Å². The normalized spacial score (nSPS) is 12.2. The number of carboxylic acids is 1. The summed E-state index contributed by atoms with van der Waals surface area (Å²) in [7, 11) is 0. The highest BCUT2D eigenvalue weighted by atomic mass is 16.4. The molecule has 1 aromatic rings. The van der Waals surface area contributed by atoms with Gasteiger partial charge in [0.05, 0.1) is 5.92 Å². The maximum absolute atomic E-state index is 11.7. The van der Waals surface area contributed by atoms with Gasteiger partial charge >= 0.3 is 5.97 Å². The first kappa shape index (κ1) is 14.2. The Labute approximate surface area is 107 Å². The Balaban J connectivity index is 2.65. The van der Waals surface area contributed by atoms with E-state index in [2.05, 4.69) is 5.32 Å². The Bertz CT molecular complexity index is 401. The van der Waals surface area contributed by atoms with E-state index >= 15 is 0 Å². The number of aliphatic carboxylic acids is 1. The minimum absolute atomic E-state index is 0.0218. The molecule has 2 N–H and O–H groups in total. The molecule has 0 saturated heterocycles. The van der Waals surface area contributed by atoms with Crippen LogP contribution < -0.4 is 5.32 Å². The van der Waals surface area contributed by atoms with Crippen LogP contribution in [0.25, 0.3) is 0 Å². The molecule has 1 rings (SSSR count). The van der Waals surface area contributed by atoms with Crippen LogP contribution in [0.2, 0.25) is 0 Å². The van der Waals surface area contributed by atoms with Crippen molar-refractivity contribution in [3.05, 3.63) is 35.9 Å². The highest BCUT2D eigenvalue weighted by Gasteiger charge is 2.22. The molecule has 4 heteroatoms. The molecule has 0 radical (unpaired) electrons. The van der Waals surface area contributed by atoms with Crippen molar-refractivity contribution in [1.29, 1.82) is 0 Å². The first-order valence-electron chi connectivity index (χ1n) is 6.05. The molecular weight excluding hydrogens is 230 g/mol. The molecule has 0 saturated carbocycles. The minimum Gasteiger partial charge on any atom is -0.481 e. The van der Waals surface area contributed by atoms with Crippen molar-refractivity contribution in [3.63, 3.8) is 0 Å². The van der Waals surface area contributed by atoms with Gasteiger partial charge in [-0.1, -0.05) is 44.2 Å². The molecule has 1 unspecified atom stereocenters. The Kier molecular flexibility index (Phi) is 5.36. The van der Waals surface area contributed by atoms with E-state index in [4.69, 9.17) is 0 Å². The number of hydrogen-bond donors (Lipinski definition) is 2. The van der Waals surface area contributed by atoms with Gasteiger partial charge in [0, 0.05) is 13.0 Å². The number of benzene rings is 1. The van der Waals surface area contributed by atoms with E-state index in [0.29, 0.717) is 18.0 Å². The number of carbonyl (C=O) groups is 2. The predicted octanol–water partition coefficient (Wildman–Crippen LogP) is 2.02. The van der Waals surface area contributed by atoms with E-state index in [0.717, 1.165) is 0 Å². The zero-order chi connectivity index (χ0) is 13.5. The summed E-state index contributed by atoms with van der Waals surface area (Å²) in [6, 6.07) is 8.83. The summed E-state index contributed by atoms with van der Waals surface area (Å²) in [5.74, 6) is -1.62. The van der Waals surface area contributed by atoms with Gasteiger partial charge in [-0.3, -0.25) is 9.59 Å². The third-order valence-electron chi connectivity index (χ3n) is 2.60. The SMILES string of the molecule is CC(C)CNC(=O)CC(C(=O)O)c1ccccc1. The minimum atomic E-state index is -0.971. The van der Waals surface area contributed by atoms with Gasteiger partial charge in [-0.05, 0) is 11.5 Å². The van der Waals surface area contributed by atoms with Gasteiger partial charge in [-0.2, -0.15) is 0 Å². The lowest BCUT2D eigenvalue weighted by molar-refractivity contribution is -0.140. The van der Waals surface area contributed by atoms with Gasteiger partial charge in [0.25, 0.3) is 0 Å². The fourth-order valence-corrected chi connectivity index (χ4v) is 1.61. The van der Waals surface area contributed by atoms with Crippen LogP contribution in [0.1, 0.15) is 31.7 Å². The van der Waals surface area contributed by atoms with Crippen molar-refractivity contribution in [2.45, 2.75) is 26.2 Å². The summed E-state index contributed by atoms with van der Waals surface area (Å²) >= 11 is 0. The van der Waals surface area contributed by atoms with Crippen LogP contribution in [0.3, 0.4) is 0 Å². The second-order valence-corrected chi connectivity index (χ2v) is 4.70. The number of carbonyl (C=O) groups excluding carboxylic acids is 1. The number of rotatable bonds is 6. The Morgan fingerprint density at radius 2 is 1.83 bits per heavy atom. The van der Waals surface area contributed by atoms with Crippen molar-refractivity contribution in [2.24, 2.45) is 5.92 Å². The van der Waals surface area contributed by atoms with Crippen molar-refractivity contribution in [1.82, 2.24) is 5.32 Å². The van der Waals surface area contributed by atoms with E-state index in [1.165, 1.54) is 0 Å². The van der Waals surface area contributed by atoms with Crippen LogP contribution in [0.15, 0.2) is 30.3 Å². The third kappa shape index (κ3) is 4.57. The van der Waals surface area contributed by atoms with Crippen molar-refractivity contribution >= 4 is 11.9 Å². The second kappa shape index (κ2) is 6.79. The highest BCUT2D eigenvalue weighted by Crippen LogP contribution is 2.19. The number of amides is 1. The fourth-order valence-electron chi connectivity index (χ4n) is 1.61. The largest absolute Gasteiger partial charge is 0.481 e. The van der Waals surface area contributed by atoms with Gasteiger partial charge in [0.2, 0.25) is 5.91 Å². The van der Waals surface area contributed by atoms with Gasteiger partial charge in [0.1, 0.15) is 0 Å². The smallest absolute Gasteiger partial charge is 0.311 e. The molecule has 98 valence electrons. The van der Waals surface area contributed by atoms with Crippen LogP contribution in [0, 0.1) is 5.92 Å². The summed E-state index contributed by atoms with van der Waals surface area (Å²) in [5.41, 5.74) is 0.657.